The van der Waals surface area contributed by atoms with Crippen molar-refractivity contribution in [1.82, 2.24) is 0 Å². The average molecular weight is 251 g/mol. The molecule has 0 heterocycles. The minimum absolute atomic E-state index is 0.240. The molecule has 1 rings (SSSR count). The molecule has 4 nitrogen and oxygen atoms in total. The van der Waals surface area contributed by atoms with Gasteiger partial charge in [0.25, 0.3) is 0 Å². The summed E-state index contributed by atoms with van der Waals surface area (Å²) in [5, 5.41) is 17.9. The Hall–Kier alpha value is -1.91. The van der Waals surface area contributed by atoms with E-state index in [2.05, 4.69) is 0 Å². The highest BCUT2D eigenvalue weighted by molar-refractivity contribution is 6.32. The molecule has 0 aliphatic rings. The van der Waals surface area contributed by atoms with Gasteiger partial charge in [-0.2, -0.15) is 10.5 Å². The fourth-order valence-electron chi connectivity index (χ4n) is 1.16. The van der Waals surface area contributed by atoms with Gasteiger partial charge in [-0.1, -0.05) is 11.6 Å². The van der Waals surface area contributed by atoms with Gasteiger partial charge in [-0.25, -0.2) is 0 Å². The van der Waals surface area contributed by atoms with E-state index in [0.29, 0.717) is 11.3 Å². The van der Waals surface area contributed by atoms with Gasteiger partial charge in [-0.05, 0) is 19.9 Å². The van der Waals surface area contributed by atoms with Crippen molar-refractivity contribution in [2.45, 2.75) is 19.4 Å². The molecule has 0 saturated carbocycles. The van der Waals surface area contributed by atoms with Crippen LogP contribution in [0, 0.1) is 22.7 Å². The first kappa shape index (κ1) is 13.2. The van der Waals surface area contributed by atoms with Crippen LogP contribution >= 0.6 is 11.6 Å². The molecule has 0 aliphatic carbocycles. The zero-order valence-electron chi connectivity index (χ0n) is 9.74. The number of halogens is 1. The molecular weight excluding hydrogens is 240 g/mol. The highest BCUT2D eigenvalue weighted by atomic mass is 35.5. The summed E-state index contributed by atoms with van der Waals surface area (Å²) >= 11 is 5.99. The predicted molar refractivity (Wildman–Crippen MR) is 63.0 cm³/mol. The normalized spacial score (nSPS) is 10.2. The third kappa shape index (κ3) is 3.03. The minimum atomic E-state index is -1.02. The third-order valence-corrected chi connectivity index (χ3v) is 2.27. The molecule has 1 aromatic rings. The lowest BCUT2D eigenvalue weighted by molar-refractivity contribution is 0.163. The van der Waals surface area contributed by atoms with Crippen molar-refractivity contribution in [3.8, 4) is 23.6 Å². The van der Waals surface area contributed by atoms with Crippen molar-refractivity contribution in [2.75, 3.05) is 7.11 Å². The van der Waals surface area contributed by atoms with E-state index in [4.69, 9.17) is 31.6 Å². The molecule has 0 fully saturated rings. The summed E-state index contributed by atoms with van der Waals surface area (Å²) in [7, 11) is 1.44. The molecule has 0 radical (unpaired) electrons. The lowest BCUT2D eigenvalue weighted by atomic mass is 10.1. The Morgan fingerprint density at radius 3 is 2.41 bits per heavy atom. The van der Waals surface area contributed by atoms with Crippen molar-refractivity contribution >= 4 is 11.6 Å². The molecule has 5 heteroatoms. The molecular formula is C12H11ClN2O2. The van der Waals surface area contributed by atoms with Gasteiger partial charge < -0.3 is 9.47 Å². The highest BCUT2D eigenvalue weighted by Crippen LogP contribution is 2.38. The first-order valence-corrected chi connectivity index (χ1v) is 5.19. The van der Waals surface area contributed by atoms with Crippen LogP contribution in [0.5, 0.6) is 11.5 Å². The van der Waals surface area contributed by atoms with E-state index < -0.39 is 5.60 Å². The first-order chi connectivity index (χ1) is 7.93. The van der Waals surface area contributed by atoms with Gasteiger partial charge in [0.05, 0.1) is 23.8 Å². The first-order valence-electron chi connectivity index (χ1n) is 4.81. The maximum absolute atomic E-state index is 8.90. The molecule has 0 amide bonds. The summed E-state index contributed by atoms with van der Waals surface area (Å²) in [6.07, 6.45) is 0. The van der Waals surface area contributed by atoms with Gasteiger partial charge in [0.15, 0.2) is 17.1 Å². The van der Waals surface area contributed by atoms with E-state index in [-0.39, 0.29) is 10.8 Å². The molecule has 0 unspecified atom stereocenters. The number of nitriles is 2. The number of rotatable bonds is 3. The Balaban J connectivity index is 3.26. The quantitative estimate of drug-likeness (QED) is 0.827. The Labute approximate surface area is 105 Å². The summed E-state index contributed by atoms with van der Waals surface area (Å²) in [5.41, 5.74) is -0.653. The Bertz CT molecular complexity index is 512. The van der Waals surface area contributed by atoms with E-state index >= 15 is 0 Å². The largest absolute Gasteiger partial charge is 0.493 e. The van der Waals surface area contributed by atoms with Crippen LogP contribution in [0.4, 0.5) is 0 Å². The molecule has 1 aromatic carbocycles. The summed E-state index contributed by atoms with van der Waals surface area (Å²) in [6.45, 7) is 3.22. The van der Waals surface area contributed by atoms with Gasteiger partial charge in [0.2, 0.25) is 0 Å². The topological polar surface area (TPSA) is 66.0 Å². The zero-order valence-corrected chi connectivity index (χ0v) is 10.5. The van der Waals surface area contributed by atoms with Crippen molar-refractivity contribution in [3.05, 3.63) is 22.7 Å². The van der Waals surface area contributed by atoms with E-state index in [1.165, 1.54) is 19.2 Å². The van der Waals surface area contributed by atoms with Crippen molar-refractivity contribution in [3.63, 3.8) is 0 Å². The van der Waals surface area contributed by atoms with Crippen LogP contribution in [0.3, 0.4) is 0 Å². The fraction of sp³-hybridized carbons (Fsp3) is 0.333. The van der Waals surface area contributed by atoms with Crippen molar-refractivity contribution in [1.29, 1.82) is 10.5 Å². The zero-order chi connectivity index (χ0) is 13.1. The number of benzene rings is 1. The highest BCUT2D eigenvalue weighted by Gasteiger charge is 2.23. The number of hydrogen-bond acceptors (Lipinski definition) is 4. The smallest absolute Gasteiger partial charge is 0.189 e. The molecule has 0 aliphatic heterocycles. The number of nitrogens with zero attached hydrogens (tertiary/aromatic N) is 2. The van der Waals surface area contributed by atoms with Crippen LogP contribution < -0.4 is 9.47 Å². The average Bonchev–Trinajstić information content (AvgIpc) is 2.31. The molecule has 0 atom stereocenters. The molecule has 0 bridgehead atoms. The lowest BCUT2D eigenvalue weighted by Gasteiger charge is -2.21. The van der Waals surface area contributed by atoms with Crippen LogP contribution in [-0.2, 0) is 0 Å². The number of ether oxygens (including phenoxy) is 2. The van der Waals surface area contributed by atoms with Gasteiger partial charge in [0, 0.05) is 6.07 Å². The minimum Gasteiger partial charge on any atom is -0.493 e. The van der Waals surface area contributed by atoms with Gasteiger partial charge in [-0.3, -0.25) is 0 Å². The molecule has 0 N–H and O–H groups in total. The van der Waals surface area contributed by atoms with Crippen LogP contribution in [-0.4, -0.2) is 12.7 Å². The summed E-state index contributed by atoms with van der Waals surface area (Å²) in [4.78, 5) is 0. The van der Waals surface area contributed by atoms with Gasteiger partial charge in [-0.15, -0.1) is 0 Å². The molecule has 17 heavy (non-hydrogen) atoms. The molecule has 0 aromatic heterocycles. The second kappa shape index (κ2) is 4.95. The molecule has 0 saturated heterocycles. The maximum atomic E-state index is 8.90. The summed E-state index contributed by atoms with van der Waals surface area (Å²) < 4.78 is 10.6. The number of methoxy groups -OCH3 is 1. The lowest BCUT2D eigenvalue weighted by Crippen LogP contribution is -2.26. The summed E-state index contributed by atoms with van der Waals surface area (Å²) in [6, 6.07) is 6.93. The van der Waals surface area contributed by atoms with Crippen molar-refractivity contribution in [2.24, 2.45) is 0 Å². The maximum Gasteiger partial charge on any atom is 0.189 e. The van der Waals surface area contributed by atoms with Crippen molar-refractivity contribution < 1.29 is 9.47 Å². The Kier molecular flexibility index (Phi) is 3.83. The predicted octanol–water partition coefficient (Wildman–Crippen LogP) is 2.90. The van der Waals surface area contributed by atoms with Gasteiger partial charge in [0.1, 0.15) is 6.07 Å². The van der Waals surface area contributed by atoms with Crippen LogP contribution in [0.1, 0.15) is 19.4 Å². The SMILES string of the molecule is COc1cc(C#N)cc(Cl)c1OC(C)(C)C#N. The Morgan fingerprint density at radius 1 is 1.29 bits per heavy atom. The van der Waals surface area contributed by atoms with Crippen LogP contribution in [0.2, 0.25) is 5.02 Å². The van der Waals surface area contributed by atoms with E-state index in [1.54, 1.807) is 13.8 Å². The Morgan fingerprint density at radius 2 is 1.94 bits per heavy atom. The fourth-order valence-corrected chi connectivity index (χ4v) is 1.41. The van der Waals surface area contributed by atoms with Crippen LogP contribution in [0.15, 0.2) is 12.1 Å². The van der Waals surface area contributed by atoms with E-state index in [0.717, 1.165) is 0 Å². The second-order valence-corrected chi connectivity index (χ2v) is 4.23. The monoisotopic (exact) mass is 250 g/mol. The standard InChI is InChI=1S/C12H11ClN2O2/c1-12(2,7-15)17-11-9(13)4-8(6-14)5-10(11)16-3/h4-5H,1-3H3. The van der Waals surface area contributed by atoms with Gasteiger partial charge >= 0.3 is 0 Å². The van der Waals surface area contributed by atoms with E-state index in [1.807, 2.05) is 12.1 Å². The third-order valence-electron chi connectivity index (χ3n) is 1.99. The number of hydrogen-bond donors (Lipinski definition) is 0. The van der Waals surface area contributed by atoms with Crippen LogP contribution in [0.25, 0.3) is 0 Å². The van der Waals surface area contributed by atoms with E-state index in [9.17, 15) is 0 Å². The summed E-state index contributed by atoms with van der Waals surface area (Å²) in [5.74, 6) is 0.595. The molecule has 0 spiro atoms. The molecule has 88 valence electrons. The second-order valence-electron chi connectivity index (χ2n) is 3.83.